The van der Waals surface area contributed by atoms with E-state index in [4.69, 9.17) is 16.3 Å². The molecule has 0 bridgehead atoms. The first-order chi connectivity index (χ1) is 7.72. The topological polar surface area (TPSA) is 9.23 Å². The minimum absolute atomic E-state index is 0.170. The SMILES string of the molecule is Cc1ccc(C2OCCCC2CCl)cc1Br. The van der Waals surface area contributed by atoms with Crippen LogP contribution in [0.2, 0.25) is 0 Å². The normalized spacial score (nSPS) is 25.7. The van der Waals surface area contributed by atoms with Crippen molar-refractivity contribution in [1.29, 1.82) is 0 Å². The second-order valence-corrected chi connectivity index (χ2v) is 5.52. The van der Waals surface area contributed by atoms with Crippen molar-refractivity contribution >= 4 is 27.5 Å². The Balaban J connectivity index is 2.23. The Morgan fingerprint density at radius 3 is 3.00 bits per heavy atom. The molecule has 1 heterocycles. The van der Waals surface area contributed by atoms with Gasteiger partial charge in [-0.15, -0.1) is 11.6 Å². The molecule has 0 N–H and O–H groups in total. The monoisotopic (exact) mass is 302 g/mol. The van der Waals surface area contributed by atoms with E-state index in [1.165, 1.54) is 17.5 Å². The number of aryl methyl sites for hydroxylation is 1. The zero-order valence-corrected chi connectivity index (χ0v) is 11.7. The first kappa shape index (κ1) is 12.4. The molecule has 0 saturated carbocycles. The lowest BCUT2D eigenvalue weighted by atomic mass is 9.91. The Morgan fingerprint density at radius 2 is 2.31 bits per heavy atom. The molecule has 0 radical (unpaired) electrons. The van der Waals surface area contributed by atoms with Gasteiger partial charge in [0.25, 0.3) is 0 Å². The second-order valence-electron chi connectivity index (χ2n) is 4.36. The highest BCUT2D eigenvalue weighted by atomic mass is 79.9. The fourth-order valence-corrected chi connectivity index (χ4v) is 2.87. The molecule has 0 amide bonds. The van der Waals surface area contributed by atoms with E-state index in [9.17, 15) is 0 Å². The van der Waals surface area contributed by atoms with Gasteiger partial charge in [0, 0.05) is 22.9 Å². The van der Waals surface area contributed by atoms with Crippen molar-refractivity contribution in [2.75, 3.05) is 12.5 Å². The van der Waals surface area contributed by atoms with Crippen LogP contribution >= 0.6 is 27.5 Å². The highest BCUT2D eigenvalue weighted by Gasteiger charge is 2.26. The first-order valence-electron chi connectivity index (χ1n) is 5.66. The summed E-state index contributed by atoms with van der Waals surface area (Å²) in [7, 11) is 0. The smallest absolute Gasteiger partial charge is 0.0864 e. The average molecular weight is 304 g/mol. The standard InChI is InChI=1S/C13H16BrClO/c1-9-4-5-10(7-12(9)14)13-11(8-15)3-2-6-16-13/h4-5,7,11,13H,2-3,6,8H2,1H3. The molecule has 0 aromatic heterocycles. The van der Waals surface area contributed by atoms with E-state index >= 15 is 0 Å². The van der Waals surface area contributed by atoms with Crippen molar-refractivity contribution in [2.24, 2.45) is 5.92 Å². The van der Waals surface area contributed by atoms with E-state index in [-0.39, 0.29) is 6.10 Å². The maximum absolute atomic E-state index is 6.00. The van der Waals surface area contributed by atoms with Gasteiger partial charge >= 0.3 is 0 Å². The predicted molar refractivity (Wildman–Crippen MR) is 71.0 cm³/mol. The molecule has 1 aliphatic rings. The number of hydrogen-bond acceptors (Lipinski definition) is 1. The van der Waals surface area contributed by atoms with Gasteiger partial charge in [-0.25, -0.2) is 0 Å². The van der Waals surface area contributed by atoms with Gasteiger partial charge in [0.15, 0.2) is 0 Å². The van der Waals surface area contributed by atoms with E-state index in [0.29, 0.717) is 11.8 Å². The lowest BCUT2D eigenvalue weighted by Crippen LogP contribution is -2.23. The number of halogens is 2. The molecule has 1 saturated heterocycles. The van der Waals surface area contributed by atoms with Gasteiger partial charge in [0.2, 0.25) is 0 Å². The Kier molecular flexibility index (Phi) is 4.28. The molecular weight excluding hydrogens is 287 g/mol. The molecule has 2 unspecified atom stereocenters. The van der Waals surface area contributed by atoms with Crippen LogP contribution in [0.1, 0.15) is 30.1 Å². The first-order valence-corrected chi connectivity index (χ1v) is 6.98. The number of rotatable bonds is 2. The van der Waals surface area contributed by atoms with Crippen molar-refractivity contribution in [3.8, 4) is 0 Å². The lowest BCUT2D eigenvalue weighted by Gasteiger charge is -2.31. The summed E-state index contributed by atoms with van der Waals surface area (Å²) < 4.78 is 7.00. The minimum atomic E-state index is 0.170. The lowest BCUT2D eigenvalue weighted by molar-refractivity contribution is -0.0208. The molecule has 0 spiro atoms. The van der Waals surface area contributed by atoms with Crippen molar-refractivity contribution in [3.63, 3.8) is 0 Å². The Hall–Kier alpha value is -0.0500. The Labute approximate surface area is 110 Å². The second kappa shape index (κ2) is 5.52. The highest BCUT2D eigenvalue weighted by molar-refractivity contribution is 9.10. The van der Waals surface area contributed by atoms with Gasteiger partial charge in [0.05, 0.1) is 6.10 Å². The zero-order valence-electron chi connectivity index (χ0n) is 9.38. The number of benzene rings is 1. The Morgan fingerprint density at radius 1 is 1.50 bits per heavy atom. The quantitative estimate of drug-likeness (QED) is 0.733. The Bertz CT molecular complexity index is 367. The highest BCUT2D eigenvalue weighted by Crippen LogP contribution is 2.35. The van der Waals surface area contributed by atoms with Gasteiger partial charge in [0.1, 0.15) is 0 Å². The summed E-state index contributed by atoms with van der Waals surface area (Å²) >= 11 is 9.57. The molecule has 16 heavy (non-hydrogen) atoms. The van der Waals surface area contributed by atoms with Gasteiger partial charge in [-0.2, -0.15) is 0 Å². The fourth-order valence-electron chi connectivity index (χ4n) is 2.16. The van der Waals surface area contributed by atoms with Crippen LogP contribution in [0, 0.1) is 12.8 Å². The molecular formula is C13H16BrClO. The third-order valence-corrected chi connectivity index (χ3v) is 4.42. The van der Waals surface area contributed by atoms with Crippen molar-refractivity contribution in [2.45, 2.75) is 25.9 Å². The maximum Gasteiger partial charge on any atom is 0.0864 e. The average Bonchev–Trinajstić information content (AvgIpc) is 2.32. The third kappa shape index (κ3) is 2.61. The number of alkyl halides is 1. The van der Waals surface area contributed by atoms with Gasteiger partial charge in [-0.3, -0.25) is 0 Å². The van der Waals surface area contributed by atoms with Crippen LogP contribution in [0.4, 0.5) is 0 Å². The van der Waals surface area contributed by atoms with Crippen LogP contribution in [0.25, 0.3) is 0 Å². The molecule has 1 aromatic rings. The minimum Gasteiger partial charge on any atom is -0.373 e. The molecule has 1 fully saturated rings. The van der Waals surface area contributed by atoms with E-state index in [0.717, 1.165) is 17.5 Å². The van der Waals surface area contributed by atoms with Crippen LogP contribution in [-0.4, -0.2) is 12.5 Å². The molecule has 0 aliphatic carbocycles. The molecule has 88 valence electrons. The molecule has 1 nitrogen and oxygen atoms in total. The molecule has 2 atom stereocenters. The largest absolute Gasteiger partial charge is 0.373 e. The summed E-state index contributed by atoms with van der Waals surface area (Å²) in [6, 6.07) is 6.43. The van der Waals surface area contributed by atoms with E-state index < -0.39 is 0 Å². The van der Waals surface area contributed by atoms with E-state index in [1.807, 2.05) is 0 Å². The van der Waals surface area contributed by atoms with Crippen molar-refractivity contribution < 1.29 is 4.74 Å². The van der Waals surface area contributed by atoms with Crippen LogP contribution < -0.4 is 0 Å². The van der Waals surface area contributed by atoms with Crippen LogP contribution in [0.5, 0.6) is 0 Å². The van der Waals surface area contributed by atoms with Gasteiger partial charge in [-0.1, -0.05) is 28.1 Å². The number of ether oxygens (including phenoxy) is 1. The third-order valence-electron chi connectivity index (χ3n) is 3.17. The molecule has 1 aliphatic heterocycles. The van der Waals surface area contributed by atoms with Crippen LogP contribution in [0.15, 0.2) is 22.7 Å². The fraction of sp³-hybridized carbons (Fsp3) is 0.538. The predicted octanol–water partition coefficient (Wildman–Crippen LogP) is 4.46. The summed E-state index contributed by atoms with van der Waals surface area (Å²) in [4.78, 5) is 0. The van der Waals surface area contributed by atoms with Crippen LogP contribution in [-0.2, 0) is 4.74 Å². The summed E-state index contributed by atoms with van der Waals surface area (Å²) in [6.07, 6.45) is 2.46. The molecule has 1 aromatic carbocycles. The van der Waals surface area contributed by atoms with E-state index in [2.05, 4.69) is 41.1 Å². The van der Waals surface area contributed by atoms with Gasteiger partial charge in [-0.05, 0) is 37.0 Å². The van der Waals surface area contributed by atoms with Crippen LogP contribution in [0.3, 0.4) is 0 Å². The maximum atomic E-state index is 6.00. The van der Waals surface area contributed by atoms with Gasteiger partial charge < -0.3 is 4.74 Å². The molecule has 3 heteroatoms. The van der Waals surface area contributed by atoms with Crippen molar-refractivity contribution in [3.05, 3.63) is 33.8 Å². The molecule has 2 rings (SSSR count). The summed E-state index contributed by atoms with van der Waals surface area (Å²) in [5, 5.41) is 0. The summed E-state index contributed by atoms with van der Waals surface area (Å²) in [6.45, 7) is 2.94. The number of hydrogen-bond donors (Lipinski definition) is 0. The summed E-state index contributed by atoms with van der Waals surface area (Å²) in [5.41, 5.74) is 2.49. The van der Waals surface area contributed by atoms with Crippen molar-refractivity contribution in [1.82, 2.24) is 0 Å². The zero-order chi connectivity index (χ0) is 11.5. The van der Waals surface area contributed by atoms with E-state index in [1.54, 1.807) is 0 Å². The summed E-state index contributed by atoms with van der Waals surface area (Å²) in [5.74, 6) is 1.13.